The minimum absolute atomic E-state index is 0. The Kier molecular flexibility index (Phi) is 19.1. The molecule has 0 aliphatic carbocycles. The van der Waals surface area contributed by atoms with Crippen LogP contribution in [-0.2, 0) is 45.4 Å². The van der Waals surface area contributed by atoms with E-state index in [9.17, 15) is 49.2 Å². The summed E-state index contributed by atoms with van der Waals surface area (Å²) in [5.41, 5.74) is 4.42. The first-order chi connectivity index (χ1) is 23.4. The molecule has 2 aliphatic rings. The third-order valence-electron chi connectivity index (χ3n) is 8.54. The fraction of sp³-hybridized carbons (Fsp3) is 0.529. The molecule has 52 heavy (non-hydrogen) atoms. The molecule has 18 heteroatoms. The number of cyclic esters (lactones) is 1. The zero-order valence-electron chi connectivity index (χ0n) is 29.8. The predicted octanol–water partition coefficient (Wildman–Crippen LogP) is 1.30. The molecule has 17 nitrogen and oxygen atoms in total. The van der Waals surface area contributed by atoms with Crippen molar-refractivity contribution in [1.82, 2.24) is 14.7 Å². The van der Waals surface area contributed by atoms with Crippen molar-refractivity contribution in [3.8, 4) is 0 Å². The maximum absolute atomic E-state index is 13.0. The number of carbonyl (C=O) groups is 6. The van der Waals surface area contributed by atoms with E-state index in [2.05, 4.69) is 26.1 Å². The van der Waals surface area contributed by atoms with Crippen LogP contribution in [0.1, 0.15) is 53.0 Å². The average molecular weight is 877 g/mol. The van der Waals surface area contributed by atoms with Crippen LogP contribution in [-0.4, -0.2) is 122 Å². The number of benzene rings is 1. The van der Waals surface area contributed by atoms with Crippen molar-refractivity contribution in [2.24, 2.45) is 22.7 Å². The molecule has 288 valence electrons. The van der Waals surface area contributed by atoms with Crippen LogP contribution in [0.25, 0.3) is 0 Å². The van der Waals surface area contributed by atoms with Crippen molar-refractivity contribution < 1.29 is 99.3 Å². The molecule has 0 aromatic heterocycles. The molecule has 1 amide bonds. The normalized spacial score (nSPS) is 18.3. The Bertz CT molecular complexity index is 1480. The van der Waals surface area contributed by atoms with Gasteiger partial charge in [0.2, 0.25) is 5.91 Å². The number of carboxylic acid groups (broad SMARTS) is 4. The molecule has 1 unspecified atom stereocenters. The summed E-state index contributed by atoms with van der Waals surface area (Å²) in [5, 5.41) is 40.7. The number of esters is 1. The molecule has 3 rings (SSSR count). The summed E-state index contributed by atoms with van der Waals surface area (Å²) < 4.78 is 5.20. The van der Waals surface area contributed by atoms with Crippen LogP contribution >= 0.6 is 0 Å². The quantitative estimate of drug-likeness (QED) is 0.0792. The van der Waals surface area contributed by atoms with Crippen molar-refractivity contribution in [3.63, 3.8) is 0 Å². The first-order valence-corrected chi connectivity index (χ1v) is 16.3. The summed E-state index contributed by atoms with van der Waals surface area (Å²) in [6.45, 7) is 6.69. The first-order valence-electron chi connectivity index (χ1n) is 16.3. The van der Waals surface area contributed by atoms with E-state index in [-0.39, 0.29) is 88.8 Å². The Hall–Kier alpha value is -3.39. The molecule has 8 N–H and O–H groups in total. The number of anilines is 1. The number of allylic oxidation sites excluding steroid dienone is 2. The molecule has 2 aliphatic heterocycles. The van der Waals surface area contributed by atoms with E-state index in [1.165, 1.54) is 4.90 Å². The van der Waals surface area contributed by atoms with Crippen LogP contribution in [0.2, 0.25) is 0 Å². The number of carbonyl (C=O) groups excluding carboxylic acids is 2. The number of hydrogen-bond donors (Lipinski definition) is 5. The van der Waals surface area contributed by atoms with Crippen molar-refractivity contribution in [3.05, 3.63) is 47.3 Å². The van der Waals surface area contributed by atoms with Gasteiger partial charge in [-0.3, -0.25) is 38.7 Å². The summed E-state index contributed by atoms with van der Waals surface area (Å²) in [7, 11) is 0. The Morgan fingerprint density at radius 2 is 1.50 bits per heavy atom. The number of amides is 1. The molecule has 0 saturated carbocycles. The summed E-state index contributed by atoms with van der Waals surface area (Å²) >= 11 is 0. The van der Waals surface area contributed by atoms with Gasteiger partial charge >= 0.3 is 63.8 Å². The van der Waals surface area contributed by atoms with E-state index in [1.807, 2.05) is 13.8 Å². The van der Waals surface area contributed by atoms with Gasteiger partial charge in [0.15, 0.2) is 0 Å². The number of ether oxygens (including phenoxy) is 1. The fourth-order valence-corrected chi connectivity index (χ4v) is 6.36. The maximum atomic E-state index is 13.0. The molecule has 2 heterocycles. The number of morpholine rings is 1. The van der Waals surface area contributed by atoms with E-state index >= 15 is 0 Å². The SMILES string of the molecule is CC(C)=C1N=C(C(C)C)[C@@H](C)[C@@H]1CCC(=O)Nc1ccc(CC(N(CC(=O)O)CC(=O)O)N2CC(=O)O[C-](N(CC(=O)O)CC(=O)O)C2)cc1.[Gd+2].[OH3+]. The Labute approximate surface area is 334 Å². The van der Waals surface area contributed by atoms with E-state index in [4.69, 9.17) is 9.73 Å². The van der Waals surface area contributed by atoms with Crippen molar-refractivity contribution >= 4 is 47.2 Å². The van der Waals surface area contributed by atoms with E-state index < -0.39 is 68.7 Å². The summed E-state index contributed by atoms with van der Waals surface area (Å²) in [4.78, 5) is 80.3. The van der Waals surface area contributed by atoms with Gasteiger partial charge in [0, 0.05) is 41.8 Å². The second-order valence-corrected chi connectivity index (χ2v) is 13.0. The van der Waals surface area contributed by atoms with Gasteiger partial charge in [-0.2, -0.15) is 0 Å². The molecule has 1 aromatic carbocycles. The van der Waals surface area contributed by atoms with Crippen LogP contribution in [0.15, 0.2) is 40.5 Å². The van der Waals surface area contributed by atoms with Gasteiger partial charge < -0.3 is 45.8 Å². The van der Waals surface area contributed by atoms with Crippen LogP contribution in [0.3, 0.4) is 0 Å². The molecule has 0 radical (unpaired) electrons. The van der Waals surface area contributed by atoms with Crippen LogP contribution in [0.5, 0.6) is 0 Å². The topological polar surface area (TPSA) is 260 Å². The zero-order valence-corrected chi connectivity index (χ0v) is 32.1. The molecular formula is C34H49GdN5O12+2. The molecule has 1 fully saturated rings. The van der Waals surface area contributed by atoms with Crippen molar-refractivity contribution in [2.45, 2.75) is 60.0 Å². The van der Waals surface area contributed by atoms with E-state index in [0.717, 1.165) is 26.8 Å². The summed E-state index contributed by atoms with van der Waals surface area (Å²) in [6, 6.07) is 6.68. The second kappa shape index (κ2) is 21.3. The number of rotatable bonds is 18. The Morgan fingerprint density at radius 3 is 1.98 bits per heavy atom. The van der Waals surface area contributed by atoms with Crippen LogP contribution < -0.4 is 5.32 Å². The first kappa shape index (κ1) is 46.6. The van der Waals surface area contributed by atoms with Gasteiger partial charge in [0.05, 0.1) is 38.9 Å². The Morgan fingerprint density at radius 1 is 0.962 bits per heavy atom. The Balaban J connectivity index is 0.00000676. The monoisotopic (exact) mass is 877 g/mol. The van der Waals surface area contributed by atoms with Gasteiger partial charge in [0.1, 0.15) is 0 Å². The van der Waals surface area contributed by atoms with Gasteiger partial charge in [-0.15, -0.1) is 0 Å². The third kappa shape index (κ3) is 13.9. The average Bonchev–Trinajstić information content (AvgIpc) is 3.34. The predicted molar refractivity (Wildman–Crippen MR) is 185 cm³/mol. The van der Waals surface area contributed by atoms with Gasteiger partial charge in [0.25, 0.3) is 5.97 Å². The number of nitrogens with zero attached hydrogens (tertiary/aromatic N) is 4. The van der Waals surface area contributed by atoms with Crippen LogP contribution in [0, 0.1) is 63.9 Å². The number of aliphatic carboxylic acids is 4. The standard InChI is InChI=1S/C34H46N5O11.Gd.H2O/c1-19(2)33-21(5)24(34(36-33)20(3)4)10-11-25(40)35-23-8-6-22(7-9-23)12-26(38(14-28(41)42)15-29(43)44)37-13-27(50-32(49)18-37)39(16-30(45)46)17-31(47)48;;/h6-9,19,21,24,26H,10-18H2,1-5H3,(H,35,40)(H,41,42)(H,43,44)(H,45,46)(H,47,48);;1H2/q-1;+2;/p+1/t21-,24-,26?;;/m0../s1. The van der Waals surface area contributed by atoms with Gasteiger partial charge in [-0.25, -0.2) is 0 Å². The number of carboxylic acids is 4. The van der Waals surface area contributed by atoms with E-state index in [1.54, 1.807) is 24.3 Å². The van der Waals surface area contributed by atoms with Gasteiger partial charge in [-0.05, 0) is 43.9 Å². The molecular weight excluding hydrogens is 828 g/mol. The minimum Gasteiger partial charge on any atom is -0.617 e. The summed E-state index contributed by atoms with van der Waals surface area (Å²) in [5.74, 6) is -5.77. The molecule has 1 aromatic rings. The second-order valence-electron chi connectivity index (χ2n) is 13.0. The number of hydrogen-bond acceptors (Lipinski definition) is 11. The smallest absolute Gasteiger partial charge is 0.617 e. The molecule has 3 atom stereocenters. The van der Waals surface area contributed by atoms with Crippen LogP contribution in [0.4, 0.5) is 5.69 Å². The maximum Gasteiger partial charge on any atom is 2.00 e. The molecule has 0 spiro atoms. The fourth-order valence-electron chi connectivity index (χ4n) is 6.36. The van der Waals surface area contributed by atoms with Crippen molar-refractivity contribution in [2.75, 3.05) is 44.6 Å². The van der Waals surface area contributed by atoms with Crippen molar-refractivity contribution in [1.29, 1.82) is 0 Å². The number of nitrogens with one attached hydrogen (secondary N) is 1. The number of aliphatic imine (C=N–C) groups is 1. The molecule has 0 bridgehead atoms. The van der Waals surface area contributed by atoms with Gasteiger partial charge in [-0.1, -0.05) is 51.2 Å². The zero-order chi connectivity index (χ0) is 37.3. The summed E-state index contributed by atoms with van der Waals surface area (Å²) in [6.07, 6.45) is -0.395. The largest absolute Gasteiger partial charge is 2.00 e. The minimum atomic E-state index is -1.38. The van der Waals surface area contributed by atoms with E-state index in [0.29, 0.717) is 23.6 Å². The third-order valence-corrected chi connectivity index (χ3v) is 8.54. The molecule has 1 saturated heterocycles.